The van der Waals surface area contributed by atoms with Crippen LogP contribution in [-0.2, 0) is 4.74 Å². The summed E-state index contributed by atoms with van der Waals surface area (Å²) in [7, 11) is 0. The molecule has 0 saturated heterocycles. The Kier molecular flexibility index (Phi) is 6.86. The average molecular weight is 316 g/mol. The largest absolute Gasteiger partial charge is 0.389 e. The minimum atomic E-state index is -0.467. The zero-order valence-corrected chi connectivity index (χ0v) is 12.8. The van der Waals surface area contributed by atoms with Gasteiger partial charge in [-0.2, -0.15) is 0 Å². The van der Waals surface area contributed by atoms with E-state index in [0.29, 0.717) is 13.2 Å². The van der Waals surface area contributed by atoms with Gasteiger partial charge in [0.15, 0.2) is 0 Å². The lowest BCUT2D eigenvalue weighted by atomic mass is 10.1. The highest BCUT2D eigenvalue weighted by molar-refractivity contribution is 9.10. The lowest BCUT2D eigenvalue weighted by Gasteiger charge is -2.18. The highest BCUT2D eigenvalue weighted by Crippen LogP contribution is 2.16. The summed E-state index contributed by atoms with van der Waals surface area (Å²) in [5.41, 5.74) is 1.20. The number of hydrogen-bond donors (Lipinski definition) is 2. The quantitative estimate of drug-likeness (QED) is 0.813. The monoisotopic (exact) mass is 315 g/mol. The fourth-order valence-electron chi connectivity index (χ4n) is 1.54. The molecule has 0 aliphatic carbocycles. The summed E-state index contributed by atoms with van der Waals surface area (Å²) >= 11 is 3.41. The number of benzene rings is 1. The number of nitrogens with one attached hydrogen (secondary N) is 1. The first-order valence-corrected chi connectivity index (χ1v) is 7.07. The summed E-state index contributed by atoms with van der Waals surface area (Å²) in [6.45, 7) is 6.91. The van der Waals surface area contributed by atoms with Gasteiger partial charge in [-0.3, -0.25) is 0 Å². The van der Waals surface area contributed by atoms with Crippen LogP contribution in [-0.4, -0.2) is 30.5 Å². The van der Waals surface area contributed by atoms with Crippen molar-refractivity contribution in [3.8, 4) is 0 Å². The van der Waals surface area contributed by atoms with E-state index in [2.05, 4.69) is 40.3 Å². The Hall–Kier alpha value is -0.420. The molecule has 0 aromatic heterocycles. The summed E-state index contributed by atoms with van der Waals surface area (Å²) in [4.78, 5) is 0. The highest BCUT2D eigenvalue weighted by atomic mass is 79.9. The number of ether oxygens (including phenoxy) is 1. The molecule has 0 amide bonds. The van der Waals surface area contributed by atoms with Crippen molar-refractivity contribution >= 4 is 15.9 Å². The molecule has 0 aliphatic heterocycles. The second-order valence-corrected chi connectivity index (χ2v) is 5.63. The first-order chi connectivity index (χ1) is 8.49. The van der Waals surface area contributed by atoms with Crippen molar-refractivity contribution in [1.82, 2.24) is 5.32 Å². The Morgan fingerprint density at radius 3 is 2.39 bits per heavy atom. The van der Waals surface area contributed by atoms with Gasteiger partial charge in [-0.15, -0.1) is 0 Å². The van der Waals surface area contributed by atoms with Crippen molar-refractivity contribution in [2.75, 3.05) is 13.2 Å². The zero-order valence-electron chi connectivity index (χ0n) is 11.2. The van der Waals surface area contributed by atoms with Crippen LogP contribution in [0.15, 0.2) is 28.7 Å². The molecule has 1 aromatic rings. The smallest absolute Gasteiger partial charge is 0.0898 e. The van der Waals surface area contributed by atoms with Gasteiger partial charge < -0.3 is 15.2 Å². The second-order valence-electron chi connectivity index (χ2n) is 4.72. The van der Waals surface area contributed by atoms with Gasteiger partial charge >= 0.3 is 0 Å². The fraction of sp³-hybridized carbons (Fsp3) is 0.571. The van der Waals surface area contributed by atoms with Crippen molar-refractivity contribution in [3.05, 3.63) is 34.3 Å². The van der Waals surface area contributed by atoms with Crippen LogP contribution in [0.2, 0.25) is 0 Å². The number of halogens is 1. The minimum Gasteiger partial charge on any atom is -0.389 e. The molecule has 0 saturated carbocycles. The average Bonchev–Trinajstić information content (AvgIpc) is 2.34. The van der Waals surface area contributed by atoms with Crippen LogP contribution in [0.1, 0.15) is 32.4 Å². The van der Waals surface area contributed by atoms with E-state index in [4.69, 9.17) is 4.74 Å². The molecule has 0 heterocycles. The van der Waals surface area contributed by atoms with Gasteiger partial charge in [0.25, 0.3) is 0 Å². The number of aliphatic hydroxyl groups excluding tert-OH is 1. The lowest BCUT2D eigenvalue weighted by molar-refractivity contribution is 0.00560. The molecule has 102 valence electrons. The Labute approximate surface area is 118 Å². The van der Waals surface area contributed by atoms with Crippen molar-refractivity contribution < 1.29 is 9.84 Å². The van der Waals surface area contributed by atoms with Gasteiger partial charge in [-0.1, -0.05) is 28.1 Å². The van der Waals surface area contributed by atoms with Gasteiger partial charge in [0.2, 0.25) is 0 Å². The predicted molar refractivity (Wildman–Crippen MR) is 77.7 cm³/mol. The van der Waals surface area contributed by atoms with Gasteiger partial charge in [0.1, 0.15) is 0 Å². The van der Waals surface area contributed by atoms with Crippen LogP contribution in [0.4, 0.5) is 0 Å². The molecule has 0 radical (unpaired) electrons. The lowest BCUT2D eigenvalue weighted by Crippen LogP contribution is -2.32. The van der Waals surface area contributed by atoms with E-state index in [0.717, 1.165) is 4.47 Å². The maximum absolute atomic E-state index is 9.74. The Morgan fingerprint density at radius 2 is 1.83 bits per heavy atom. The first kappa shape index (κ1) is 15.6. The molecule has 0 aliphatic rings. The maximum Gasteiger partial charge on any atom is 0.0898 e. The molecule has 2 N–H and O–H groups in total. The maximum atomic E-state index is 9.74. The Bertz CT molecular complexity index is 340. The Morgan fingerprint density at radius 1 is 1.22 bits per heavy atom. The summed E-state index contributed by atoms with van der Waals surface area (Å²) in [5, 5.41) is 13.0. The normalized spacial score (nSPS) is 14.8. The fourth-order valence-corrected chi connectivity index (χ4v) is 1.81. The molecule has 1 unspecified atom stereocenters. The van der Waals surface area contributed by atoms with Crippen LogP contribution >= 0.6 is 15.9 Å². The molecule has 3 nitrogen and oxygen atoms in total. The van der Waals surface area contributed by atoms with E-state index < -0.39 is 6.10 Å². The number of aliphatic hydroxyl groups is 1. The molecule has 1 aromatic carbocycles. The van der Waals surface area contributed by atoms with Gasteiger partial charge in [-0.05, 0) is 38.5 Å². The molecular formula is C14H22BrNO2. The SMILES string of the molecule is CC(C)OCC(O)CN[C@H](C)c1ccc(Br)cc1. The van der Waals surface area contributed by atoms with Crippen LogP contribution in [0.25, 0.3) is 0 Å². The second kappa shape index (κ2) is 7.89. The standard InChI is InChI=1S/C14H22BrNO2/c1-10(2)18-9-14(17)8-16-11(3)12-4-6-13(15)7-5-12/h4-7,10-11,14,16-17H,8-9H2,1-3H3/t11-,14?/m1/s1. The molecule has 18 heavy (non-hydrogen) atoms. The van der Waals surface area contributed by atoms with E-state index in [1.165, 1.54) is 5.56 Å². The third-order valence-electron chi connectivity index (χ3n) is 2.65. The Balaban J connectivity index is 2.32. The van der Waals surface area contributed by atoms with E-state index in [-0.39, 0.29) is 12.1 Å². The van der Waals surface area contributed by atoms with Crippen LogP contribution in [0.3, 0.4) is 0 Å². The van der Waals surface area contributed by atoms with Crippen molar-refractivity contribution in [3.63, 3.8) is 0 Å². The third kappa shape index (κ3) is 5.96. The van der Waals surface area contributed by atoms with Crippen molar-refractivity contribution in [2.24, 2.45) is 0 Å². The number of hydrogen-bond acceptors (Lipinski definition) is 3. The van der Waals surface area contributed by atoms with E-state index in [9.17, 15) is 5.11 Å². The van der Waals surface area contributed by atoms with E-state index in [1.807, 2.05) is 26.0 Å². The molecule has 4 heteroatoms. The summed E-state index contributed by atoms with van der Waals surface area (Å²) in [6, 6.07) is 8.39. The summed E-state index contributed by atoms with van der Waals surface area (Å²) < 4.78 is 6.43. The van der Waals surface area contributed by atoms with Crippen LogP contribution in [0, 0.1) is 0 Å². The number of rotatable bonds is 7. The van der Waals surface area contributed by atoms with Gasteiger partial charge in [-0.25, -0.2) is 0 Å². The summed E-state index contributed by atoms with van der Waals surface area (Å²) in [6.07, 6.45) is -0.311. The van der Waals surface area contributed by atoms with Crippen molar-refractivity contribution in [2.45, 2.75) is 39.0 Å². The molecule has 2 atom stereocenters. The van der Waals surface area contributed by atoms with Gasteiger partial charge in [0.05, 0.1) is 18.8 Å². The molecule has 0 spiro atoms. The highest BCUT2D eigenvalue weighted by Gasteiger charge is 2.09. The molecule has 1 rings (SSSR count). The van der Waals surface area contributed by atoms with Gasteiger partial charge in [0, 0.05) is 17.1 Å². The van der Waals surface area contributed by atoms with Crippen LogP contribution in [0.5, 0.6) is 0 Å². The van der Waals surface area contributed by atoms with E-state index in [1.54, 1.807) is 0 Å². The zero-order chi connectivity index (χ0) is 13.5. The molecule has 0 fully saturated rings. The summed E-state index contributed by atoms with van der Waals surface area (Å²) in [5.74, 6) is 0. The predicted octanol–water partition coefficient (Wildman–Crippen LogP) is 2.89. The van der Waals surface area contributed by atoms with Crippen LogP contribution < -0.4 is 5.32 Å². The van der Waals surface area contributed by atoms with Crippen molar-refractivity contribution in [1.29, 1.82) is 0 Å². The molecule has 0 bridgehead atoms. The topological polar surface area (TPSA) is 41.5 Å². The molecular weight excluding hydrogens is 294 g/mol. The first-order valence-electron chi connectivity index (χ1n) is 6.27. The third-order valence-corrected chi connectivity index (χ3v) is 3.18. The minimum absolute atomic E-state index is 0.156. The van der Waals surface area contributed by atoms with E-state index >= 15 is 0 Å².